The van der Waals surface area contributed by atoms with Gasteiger partial charge in [-0.1, -0.05) is 6.92 Å². The first-order valence-corrected chi connectivity index (χ1v) is 6.37. The number of hydrogen-bond acceptors (Lipinski definition) is 4. The Morgan fingerprint density at radius 2 is 2.10 bits per heavy atom. The normalized spacial score (nSPS) is 18.6. The molecular weight excluding hydrogens is 262 g/mol. The molecule has 1 aromatic carbocycles. The van der Waals surface area contributed by atoms with Crippen LogP contribution in [0.25, 0.3) is 0 Å². The highest BCUT2D eigenvalue weighted by atomic mass is 16.6. The highest BCUT2D eigenvalue weighted by molar-refractivity contribution is 5.98. The second kappa shape index (κ2) is 5.68. The number of benzene rings is 1. The maximum atomic E-state index is 12.4. The first-order chi connectivity index (χ1) is 9.54. The van der Waals surface area contributed by atoms with Crippen molar-refractivity contribution in [2.75, 3.05) is 13.1 Å². The minimum Gasteiger partial charge on any atom is -0.353 e. The van der Waals surface area contributed by atoms with Crippen molar-refractivity contribution in [2.45, 2.75) is 19.4 Å². The Kier molecular flexibility index (Phi) is 3.97. The summed E-state index contributed by atoms with van der Waals surface area (Å²) in [5.74, 6) is -0.435. The van der Waals surface area contributed by atoms with E-state index in [0.29, 0.717) is 25.1 Å². The topological polar surface area (TPSA) is 92.6 Å². The monoisotopic (exact) mass is 277 g/mol. The summed E-state index contributed by atoms with van der Waals surface area (Å²) in [6, 6.07) is 4.93. The molecule has 7 nitrogen and oxygen atoms in total. The summed E-state index contributed by atoms with van der Waals surface area (Å²) in [6.07, 6.45) is 0.532. The minimum atomic E-state index is -0.516. The SMILES string of the molecule is CC[C@H]1C(=O)NCCN1C(=O)c1ccc([N+](=O)[O-])cc1. The van der Waals surface area contributed by atoms with Crippen LogP contribution in [0.2, 0.25) is 0 Å². The van der Waals surface area contributed by atoms with Crippen LogP contribution in [0.1, 0.15) is 23.7 Å². The zero-order valence-corrected chi connectivity index (χ0v) is 11.0. The van der Waals surface area contributed by atoms with Crippen LogP contribution in [0.5, 0.6) is 0 Å². The Morgan fingerprint density at radius 1 is 1.45 bits per heavy atom. The third-order valence-electron chi connectivity index (χ3n) is 3.30. The van der Waals surface area contributed by atoms with E-state index in [0.717, 1.165) is 0 Å². The largest absolute Gasteiger partial charge is 0.353 e. The lowest BCUT2D eigenvalue weighted by Crippen LogP contribution is -2.56. The van der Waals surface area contributed by atoms with Crippen molar-refractivity contribution in [1.29, 1.82) is 0 Å². The molecular formula is C13H15N3O4. The molecule has 106 valence electrons. The van der Waals surface area contributed by atoms with Crippen molar-refractivity contribution in [2.24, 2.45) is 0 Å². The van der Waals surface area contributed by atoms with Crippen molar-refractivity contribution < 1.29 is 14.5 Å². The summed E-state index contributed by atoms with van der Waals surface area (Å²) in [7, 11) is 0. The molecule has 1 N–H and O–H groups in total. The quantitative estimate of drug-likeness (QED) is 0.657. The van der Waals surface area contributed by atoms with Gasteiger partial charge in [0.05, 0.1) is 4.92 Å². The molecule has 1 aromatic rings. The zero-order valence-electron chi connectivity index (χ0n) is 11.0. The van der Waals surface area contributed by atoms with Crippen LogP contribution in [-0.4, -0.2) is 40.8 Å². The molecule has 0 bridgehead atoms. The van der Waals surface area contributed by atoms with Crippen LogP contribution in [0, 0.1) is 10.1 Å². The summed E-state index contributed by atoms with van der Waals surface area (Å²) in [5.41, 5.74) is 0.286. The van der Waals surface area contributed by atoms with Crippen LogP contribution in [0.4, 0.5) is 5.69 Å². The Hall–Kier alpha value is -2.44. The van der Waals surface area contributed by atoms with Gasteiger partial charge in [0, 0.05) is 30.8 Å². The number of piperazine rings is 1. The summed E-state index contributed by atoms with van der Waals surface area (Å²) in [6.45, 7) is 2.71. The van der Waals surface area contributed by atoms with Crippen molar-refractivity contribution >= 4 is 17.5 Å². The number of rotatable bonds is 3. The molecule has 1 fully saturated rings. The Bertz CT molecular complexity index is 541. The average Bonchev–Trinajstić information content (AvgIpc) is 2.46. The molecule has 1 atom stereocenters. The molecule has 1 saturated heterocycles. The third-order valence-corrected chi connectivity index (χ3v) is 3.30. The first-order valence-electron chi connectivity index (χ1n) is 6.37. The van der Waals surface area contributed by atoms with Gasteiger partial charge in [0.25, 0.3) is 11.6 Å². The van der Waals surface area contributed by atoms with Crippen molar-refractivity contribution in [3.8, 4) is 0 Å². The molecule has 0 unspecified atom stereocenters. The molecule has 0 radical (unpaired) electrons. The highest BCUT2D eigenvalue weighted by Gasteiger charge is 2.32. The predicted molar refractivity (Wildman–Crippen MR) is 71.2 cm³/mol. The smallest absolute Gasteiger partial charge is 0.269 e. The summed E-state index contributed by atoms with van der Waals surface area (Å²) in [5, 5.41) is 13.3. The fraction of sp³-hybridized carbons (Fsp3) is 0.385. The summed E-state index contributed by atoms with van der Waals surface area (Å²) in [4.78, 5) is 35.7. The van der Waals surface area contributed by atoms with Gasteiger partial charge in [0.2, 0.25) is 5.91 Å². The Morgan fingerprint density at radius 3 is 2.65 bits per heavy atom. The molecule has 0 saturated carbocycles. The summed E-state index contributed by atoms with van der Waals surface area (Å²) >= 11 is 0. The van der Waals surface area contributed by atoms with Gasteiger partial charge < -0.3 is 10.2 Å². The number of hydrogen-bond donors (Lipinski definition) is 1. The molecule has 0 spiro atoms. The number of non-ortho nitro benzene ring substituents is 1. The lowest BCUT2D eigenvalue weighted by Gasteiger charge is -2.34. The van der Waals surface area contributed by atoms with Gasteiger partial charge in [0.1, 0.15) is 6.04 Å². The van der Waals surface area contributed by atoms with Crippen molar-refractivity contribution in [3.05, 3.63) is 39.9 Å². The standard InChI is InChI=1S/C13H15N3O4/c1-2-11-12(17)14-7-8-15(11)13(18)9-3-5-10(6-4-9)16(19)20/h3-6,11H,2,7-8H2,1H3,(H,14,17)/t11-/m0/s1. The molecule has 1 heterocycles. The minimum absolute atomic E-state index is 0.0648. The number of amides is 2. The average molecular weight is 277 g/mol. The van der Waals surface area contributed by atoms with E-state index in [1.165, 1.54) is 29.2 Å². The number of nitrogens with one attached hydrogen (secondary N) is 1. The van der Waals surface area contributed by atoms with E-state index in [1.807, 2.05) is 6.92 Å². The van der Waals surface area contributed by atoms with Gasteiger partial charge in [-0.25, -0.2) is 0 Å². The number of carbonyl (C=O) groups is 2. The van der Waals surface area contributed by atoms with Crippen molar-refractivity contribution in [3.63, 3.8) is 0 Å². The number of nitrogens with zero attached hydrogens (tertiary/aromatic N) is 2. The molecule has 20 heavy (non-hydrogen) atoms. The van der Waals surface area contributed by atoms with Gasteiger partial charge in [-0.15, -0.1) is 0 Å². The number of nitro benzene ring substituents is 1. The Labute approximate surface area is 115 Å². The van der Waals surface area contributed by atoms with E-state index in [9.17, 15) is 19.7 Å². The van der Waals surface area contributed by atoms with Crippen LogP contribution in [0.15, 0.2) is 24.3 Å². The predicted octanol–water partition coefficient (Wildman–Crippen LogP) is 0.945. The maximum Gasteiger partial charge on any atom is 0.269 e. The highest BCUT2D eigenvalue weighted by Crippen LogP contribution is 2.17. The molecule has 0 aromatic heterocycles. The van der Waals surface area contributed by atoms with E-state index in [2.05, 4.69) is 5.32 Å². The second-order valence-corrected chi connectivity index (χ2v) is 4.52. The Balaban J connectivity index is 2.21. The van der Waals surface area contributed by atoms with Gasteiger partial charge in [-0.2, -0.15) is 0 Å². The van der Waals surface area contributed by atoms with Crippen molar-refractivity contribution in [1.82, 2.24) is 10.2 Å². The van der Waals surface area contributed by atoms with E-state index in [1.54, 1.807) is 0 Å². The van der Waals surface area contributed by atoms with Crippen LogP contribution < -0.4 is 5.32 Å². The van der Waals surface area contributed by atoms with Gasteiger partial charge >= 0.3 is 0 Å². The number of nitro groups is 1. The van der Waals surface area contributed by atoms with Gasteiger partial charge in [0.15, 0.2) is 0 Å². The fourth-order valence-electron chi connectivity index (χ4n) is 2.26. The lowest BCUT2D eigenvalue weighted by atomic mass is 10.1. The fourth-order valence-corrected chi connectivity index (χ4v) is 2.26. The molecule has 2 amide bonds. The van der Waals surface area contributed by atoms with Crippen LogP contribution in [0.3, 0.4) is 0 Å². The molecule has 0 aliphatic carbocycles. The molecule has 7 heteroatoms. The van der Waals surface area contributed by atoms with Crippen LogP contribution >= 0.6 is 0 Å². The maximum absolute atomic E-state index is 12.4. The number of carbonyl (C=O) groups excluding carboxylic acids is 2. The summed E-state index contributed by atoms with van der Waals surface area (Å²) < 4.78 is 0. The molecule has 1 aliphatic rings. The molecule has 2 rings (SSSR count). The second-order valence-electron chi connectivity index (χ2n) is 4.52. The van der Waals surface area contributed by atoms with E-state index >= 15 is 0 Å². The van der Waals surface area contributed by atoms with Gasteiger partial charge in [-0.05, 0) is 18.6 Å². The molecule has 1 aliphatic heterocycles. The van der Waals surface area contributed by atoms with Crippen LogP contribution in [-0.2, 0) is 4.79 Å². The third kappa shape index (κ3) is 2.61. The zero-order chi connectivity index (χ0) is 14.7. The van der Waals surface area contributed by atoms with E-state index < -0.39 is 11.0 Å². The van der Waals surface area contributed by atoms with E-state index in [-0.39, 0.29) is 17.5 Å². The van der Waals surface area contributed by atoms with Gasteiger partial charge in [-0.3, -0.25) is 19.7 Å². The van der Waals surface area contributed by atoms with E-state index in [4.69, 9.17) is 0 Å². The lowest BCUT2D eigenvalue weighted by molar-refractivity contribution is -0.384. The first kappa shape index (κ1) is 14.0.